The number of aryl methyl sites for hydroxylation is 1. The predicted octanol–water partition coefficient (Wildman–Crippen LogP) is 3.04. The highest BCUT2D eigenvalue weighted by Gasteiger charge is 2.50. The fourth-order valence-corrected chi connectivity index (χ4v) is 2.74. The Labute approximate surface area is 141 Å². The summed E-state index contributed by atoms with van der Waals surface area (Å²) in [6, 6.07) is 4.13. The minimum absolute atomic E-state index is 0.00374. The first-order valence-electron chi connectivity index (χ1n) is 7.28. The molecule has 8 heteroatoms. The van der Waals surface area contributed by atoms with Gasteiger partial charge in [-0.05, 0) is 31.9 Å². The van der Waals surface area contributed by atoms with Crippen LogP contribution in [-0.2, 0) is 4.79 Å². The van der Waals surface area contributed by atoms with Crippen molar-refractivity contribution in [1.82, 2.24) is 10.5 Å². The first-order chi connectivity index (χ1) is 11.4. The van der Waals surface area contributed by atoms with Gasteiger partial charge in [0, 0.05) is 6.54 Å². The molecule has 24 heavy (non-hydrogen) atoms. The van der Waals surface area contributed by atoms with E-state index in [1.165, 1.54) is 25.1 Å². The normalized spacial score (nSPS) is 15.1. The second-order valence-electron chi connectivity index (χ2n) is 5.83. The average molecular weight is 353 g/mol. The quantitative estimate of drug-likeness (QED) is 0.862. The van der Waals surface area contributed by atoms with E-state index >= 15 is 0 Å². The highest BCUT2D eigenvalue weighted by atomic mass is 35.5. The first kappa shape index (κ1) is 16.4. The fraction of sp³-hybridized carbons (Fsp3) is 0.312. The SMILES string of the molecule is Cc1onc(-c2c(F)cccc2Cl)c1C(=O)NCC1(C(=O)O)CC1. The zero-order valence-corrected chi connectivity index (χ0v) is 13.5. The molecule has 6 nitrogen and oxygen atoms in total. The van der Waals surface area contributed by atoms with Crippen LogP contribution in [0.3, 0.4) is 0 Å². The van der Waals surface area contributed by atoms with Crippen molar-refractivity contribution in [3.63, 3.8) is 0 Å². The monoisotopic (exact) mass is 352 g/mol. The molecule has 0 aliphatic heterocycles. The van der Waals surface area contributed by atoms with Crippen LogP contribution in [0.4, 0.5) is 4.39 Å². The van der Waals surface area contributed by atoms with Crippen LogP contribution < -0.4 is 5.32 Å². The van der Waals surface area contributed by atoms with Gasteiger partial charge in [-0.3, -0.25) is 9.59 Å². The number of rotatable bonds is 5. The molecule has 0 spiro atoms. The van der Waals surface area contributed by atoms with Crippen LogP contribution in [0.15, 0.2) is 22.7 Å². The molecule has 0 saturated heterocycles. The van der Waals surface area contributed by atoms with Crippen LogP contribution in [0.5, 0.6) is 0 Å². The Morgan fingerprint density at radius 2 is 2.17 bits per heavy atom. The highest BCUT2D eigenvalue weighted by Crippen LogP contribution is 2.45. The summed E-state index contributed by atoms with van der Waals surface area (Å²) in [5.41, 5.74) is -0.895. The smallest absolute Gasteiger partial charge is 0.311 e. The molecule has 1 saturated carbocycles. The summed E-state index contributed by atoms with van der Waals surface area (Å²) in [4.78, 5) is 23.6. The lowest BCUT2D eigenvalue weighted by Crippen LogP contribution is -2.34. The van der Waals surface area contributed by atoms with Crippen molar-refractivity contribution in [1.29, 1.82) is 0 Å². The lowest BCUT2D eigenvalue weighted by atomic mass is 10.0. The molecule has 1 aromatic carbocycles. The van der Waals surface area contributed by atoms with Gasteiger partial charge < -0.3 is 14.9 Å². The van der Waals surface area contributed by atoms with Crippen LogP contribution in [0, 0.1) is 18.2 Å². The zero-order valence-electron chi connectivity index (χ0n) is 12.7. The minimum Gasteiger partial charge on any atom is -0.481 e. The molecule has 1 aliphatic carbocycles. The molecule has 1 heterocycles. The minimum atomic E-state index is -0.942. The number of hydrogen-bond acceptors (Lipinski definition) is 4. The molecule has 126 valence electrons. The molecule has 0 unspecified atom stereocenters. The third kappa shape index (κ3) is 2.75. The number of amides is 1. The number of carboxylic acid groups (broad SMARTS) is 1. The van der Waals surface area contributed by atoms with E-state index in [9.17, 15) is 14.0 Å². The van der Waals surface area contributed by atoms with Crippen LogP contribution in [0.2, 0.25) is 5.02 Å². The molecule has 1 aromatic heterocycles. The van der Waals surface area contributed by atoms with Crippen molar-refractivity contribution in [2.24, 2.45) is 5.41 Å². The Balaban J connectivity index is 1.91. The number of carbonyl (C=O) groups excluding carboxylic acids is 1. The van der Waals surface area contributed by atoms with E-state index in [4.69, 9.17) is 21.2 Å². The largest absolute Gasteiger partial charge is 0.481 e. The maximum Gasteiger partial charge on any atom is 0.311 e. The molecule has 0 atom stereocenters. The number of benzene rings is 1. The third-order valence-electron chi connectivity index (χ3n) is 4.18. The number of aliphatic carboxylic acids is 1. The van der Waals surface area contributed by atoms with Crippen molar-refractivity contribution in [3.05, 3.63) is 40.4 Å². The predicted molar refractivity (Wildman–Crippen MR) is 83.3 cm³/mol. The van der Waals surface area contributed by atoms with Gasteiger partial charge in [-0.15, -0.1) is 0 Å². The number of nitrogens with zero attached hydrogens (tertiary/aromatic N) is 1. The van der Waals surface area contributed by atoms with E-state index in [1.54, 1.807) is 0 Å². The van der Waals surface area contributed by atoms with Crippen LogP contribution in [0.25, 0.3) is 11.3 Å². The third-order valence-corrected chi connectivity index (χ3v) is 4.50. The second kappa shape index (κ2) is 5.90. The number of carbonyl (C=O) groups is 2. The molecule has 1 amide bonds. The molecule has 1 fully saturated rings. The summed E-state index contributed by atoms with van der Waals surface area (Å²) in [7, 11) is 0. The van der Waals surface area contributed by atoms with Gasteiger partial charge in [-0.25, -0.2) is 4.39 Å². The van der Waals surface area contributed by atoms with Crippen molar-refractivity contribution >= 4 is 23.5 Å². The fourth-order valence-electron chi connectivity index (χ4n) is 2.49. The lowest BCUT2D eigenvalue weighted by Gasteiger charge is -2.11. The molecule has 0 bridgehead atoms. The van der Waals surface area contributed by atoms with E-state index in [1.807, 2.05) is 0 Å². The summed E-state index contributed by atoms with van der Waals surface area (Å²) < 4.78 is 19.1. The molecule has 2 N–H and O–H groups in total. The molecular weight excluding hydrogens is 339 g/mol. The van der Waals surface area contributed by atoms with Gasteiger partial charge >= 0.3 is 5.97 Å². The van der Waals surface area contributed by atoms with Gasteiger partial charge in [0.05, 0.1) is 16.0 Å². The Bertz CT molecular complexity index is 809. The van der Waals surface area contributed by atoms with Crippen LogP contribution in [0.1, 0.15) is 29.0 Å². The number of aromatic nitrogens is 1. The molecule has 3 rings (SSSR count). The average Bonchev–Trinajstić information content (AvgIpc) is 3.23. The van der Waals surface area contributed by atoms with Gasteiger partial charge in [0.15, 0.2) is 0 Å². The summed E-state index contributed by atoms with van der Waals surface area (Å²) in [6.45, 7) is 1.51. The molecule has 0 radical (unpaired) electrons. The lowest BCUT2D eigenvalue weighted by molar-refractivity contribution is -0.143. The molecule has 2 aromatic rings. The Morgan fingerprint density at radius 1 is 1.46 bits per heavy atom. The van der Waals surface area contributed by atoms with E-state index in [0.29, 0.717) is 12.8 Å². The van der Waals surface area contributed by atoms with E-state index in [2.05, 4.69) is 10.5 Å². The van der Waals surface area contributed by atoms with E-state index in [0.717, 1.165) is 0 Å². The number of hydrogen-bond donors (Lipinski definition) is 2. The number of nitrogens with one attached hydrogen (secondary N) is 1. The standard InChI is InChI=1S/C16H14ClFN2O4/c1-8-11(14(21)19-7-16(5-6-16)15(22)23)13(20-24-8)12-9(17)3-2-4-10(12)18/h2-4H,5-7H2,1H3,(H,19,21)(H,22,23). The Kier molecular flexibility index (Phi) is 4.04. The first-order valence-corrected chi connectivity index (χ1v) is 7.66. The molecule has 1 aliphatic rings. The highest BCUT2D eigenvalue weighted by molar-refractivity contribution is 6.33. The van der Waals surface area contributed by atoms with Gasteiger partial charge in [-0.1, -0.05) is 22.8 Å². The van der Waals surface area contributed by atoms with Gasteiger partial charge in [-0.2, -0.15) is 0 Å². The zero-order chi connectivity index (χ0) is 17.5. The van der Waals surface area contributed by atoms with Crippen molar-refractivity contribution in [2.75, 3.05) is 6.54 Å². The van der Waals surface area contributed by atoms with Crippen molar-refractivity contribution < 1.29 is 23.6 Å². The van der Waals surface area contributed by atoms with E-state index < -0.39 is 23.1 Å². The van der Waals surface area contributed by atoms with Crippen LogP contribution >= 0.6 is 11.6 Å². The Morgan fingerprint density at radius 3 is 2.75 bits per heavy atom. The van der Waals surface area contributed by atoms with E-state index in [-0.39, 0.29) is 34.1 Å². The second-order valence-corrected chi connectivity index (χ2v) is 6.23. The topological polar surface area (TPSA) is 92.4 Å². The summed E-state index contributed by atoms with van der Waals surface area (Å²) >= 11 is 6.02. The maximum absolute atomic E-state index is 14.1. The number of carboxylic acids is 1. The van der Waals surface area contributed by atoms with Crippen LogP contribution in [-0.4, -0.2) is 28.7 Å². The van der Waals surface area contributed by atoms with Gasteiger partial charge in [0.2, 0.25) is 0 Å². The van der Waals surface area contributed by atoms with Crippen molar-refractivity contribution in [3.8, 4) is 11.3 Å². The maximum atomic E-state index is 14.1. The summed E-state index contributed by atoms with van der Waals surface area (Å²) in [6.07, 6.45) is 1.02. The van der Waals surface area contributed by atoms with Gasteiger partial charge in [0.1, 0.15) is 22.8 Å². The summed E-state index contributed by atoms with van der Waals surface area (Å²) in [5, 5.41) is 15.6. The number of halogens is 2. The van der Waals surface area contributed by atoms with Crippen molar-refractivity contribution in [2.45, 2.75) is 19.8 Å². The summed E-state index contributed by atoms with van der Waals surface area (Å²) in [5.74, 6) is -1.95. The molecular formula is C16H14ClFN2O4. The Hall–Kier alpha value is -2.41. The van der Waals surface area contributed by atoms with Gasteiger partial charge in [0.25, 0.3) is 5.91 Å².